The number of aromatic nitrogens is 1. The molecule has 1 fully saturated rings. The van der Waals surface area contributed by atoms with Crippen LogP contribution < -0.4 is 11.1 Å². The third-order valence-electron chi connectivity index (χ3n) is 2.38. The molecule has 1 aliphatic rings. The summed E-state index contributed by atoms with van der Waals surface area (Å²) in [4.78, 5) is 8.34. The van der Waals surface area contributed by atoms with Crippen molar-refractivity contribution in [2.24, 2.45) is 10.7 Å². The van der Waals surface area contributed by atoms with Crippen LogP contribution in [0.5, 0.6) is 0 Å². The highest BCUT2D eigenvalue weighted by Gasteiger charge is 2.20. The number of rotatable bonds is 2. The topological polar surface area (TPSA) is 86.8 Å². The van der Waals surface area contributed by atoms with Crippen molar-refractivity contribution < 1.29 is 5.21 Å². The second-order valence-electron chi connectivity index (χ2n) is 3.71. The molecule has 6 nitrogen and oxygen atoms in total. The van der Waals surface area contributed by atoms with Crippen LogP contribution in [-0.2, 0) is 0 Å². The second-order valence-corrected chi connectivity index (χ2v) is 3.71. The van der Waals surface area contributed by atoms with Gasteiger partial charge in [0, 0.05) is 19.3 Å². The monoisotopic (exact) mass is 221 g/mol. The van der Waals surface area contributed by atoms with Crippen LogP contribution in [0, 0.1) is 0 Å². The number of anilines is 1. The summed E-state index contributed by atoms with van der Waals surface area (Å²) in [5.41, 5.74) is 5.73. The Hall–Kier alpha value is -1.66. The molecule has 0 aliphatic carbocycles. The Kier molecular flexibility index (Phi) is 3.33. The zero-order valence-corrected chi connectivity index (χ0v) is 8.87. The van der Waals surface area contributed by atoms with Gasteiger partial charge in [-0.3, -0.25) is 0 Å². The molecule has 16 heavy (non-hydrogen) atoms. The molecule has 6 heteroatoms. The SMILES string of the molecule is NC(=NC1CCN(O)C1)Nc1ccccn1. The van der Waals surface area contributed by atoms with Crippen molar-refractivity contribution in [1.29, 1.82) is 0 Å². The average molecular weight is 221 g/mol. The molecule has 0 spiro atoms. The lowest BCUT2D eigenvalue weighted by Crippen LogP contribution is -2.26. The van der Waals surface area contributed by atoms with Crippen molar-refractivity contribution in [2.75, 3.05) is 18.4 Å². The molecule has 1 aliphatic heterocycles. The van der Waals surface area contributed by atoms with Crippen LogP contribution in [0.3, 0.4) is 0 Å². The summed E-state index contributed by atoms with van der Waals surface area (Å²) in [5.74, 6) is 1.00. The van der Waals surface area contributed by atoms with E-state index >= 15 is 0 Å². The first kappa shape index (κ1) is 10.8. The molecule has 86 valence electrons. The van der Waals surface area contributed by atoms with Gasteiger partial charge in [-0.25, -0.2) is 9.98 Å². The Balaban J connectivity index is 1.92. The maximum Gasteiger partial charge on any atom is 0.194 e. The lowest BCUT2D eigenvalue weighted by atomic mass is 10.3. The first-order valence-corrected chi connectivity index (χ1v) is 5.19. The highest BCUT2D eigenvalue weighted by atomic mass is 16.5. The maximum atomic E-state index is 9.19. The summed E-state index contributed by atoms with van der Waals surface area (Å²) in [7, 11) is 0. The van der Waals surface area contributed by atoms with E-state index in [4.69, 9.17) is 5.73 Å². The molecule has 0 saturated carbocycles. The van der Waals surface area contributed by atoms with E-state index in [-0.39, 0.29) is 6.04 Å². The number of nitrogens with two attached hydrogens (primary N) is 1. The van der Waals surface area contributed by atoms with Crippen molar-refractivity contribution in [2.45, 2.75) is 12.5 Å². The molecule has 0 aromatic carbocycles. The molecule has 2 rings (SSSR count). The van der Waals surface area contributed by atoms with Crippen molar-refractivity contribution >= 4 is 11.8 Å². The van der Waals surface area contributed by atoms with Crippen molar-refractivity contribution in [1.82, 2.24) is 10.0 Å². The molecule has 1 aromatic heterocycles. The number of aliphatic imine (C=N–C) groups is 1. The molecule has 1 atom stereocenters. The van der Waals surface area contributed by atoms with Gasteiger partial charge in [0.15, 0.2) is 5.96 Å². The number of pyridine rings is 1. The fourth-order valence-corrected chi connectivity index (χ4v) is 1.63. The zero-order chi connectivity index (χ0) is 11.4. The van der Waals surface area contributed by atoms with E-state index < -0.39 is 0 Å². The van der Waals surface area contributed by atoms with E-state index in [1.165, 1.54) is 5.06 Å². The summed E-state index contributed by atoms with van der Waals surface area (Å²) in [5, 5.41) is 13.3. The Bertz CT molecular complexity index is 367. The van der Waals surface area contributed by atoms with Crippen molar-refractivity contribution in [3.05, 3.63) is 24.4 Å². The molecule has 0 radical (unpaired) electrons. The van der Waals surface area contributed by atoms with Crippen LogP contribution in [-0.4, -0.2) is 40.3 Å². The summed E-state index contributed by atoms with van der Waals surface area (Å²) >= 11 is 0. The molecular weight excluding hydrogens is 206 g/mol. The molecule has 1 saturated heterocycles. The van der Waals surface area contributed by atoms with Gasteiger partial charge in [0.25, 0.3) is 0 Å². The predicted molar refractivity (Wildman–Crippen MR) is 61.2 cm³/mol. The lowest BCUT2D eigenvalue weighted by Gasteiger charge is -2.07. The van der Waals surface area contributed by atoms with Gasteiger partial charge >= 0.3 is 0 Å². The number of hydroxylamine groups is 2. The van der Waals surface area contributed by atoms with E-state index in [0.717, 1.165) is 6.42 Å². The molecule has 4 N–H and O–H groups in total. The quantitative estimate of drug-likeness (QED) is 0.493. The molecule has 0 bridgehead atoms. The molecule has 0 amide bonds. The Labute approximate surface area is 93.8 Å². The minimum atomic E-state index is 0.0567. The van der Waals surface area contributed by atoms with Crippen molar-refractivity contribution in [3.63, 3.8) is 0 Å². The first-order valence-electron chi connectivity index (χ1n) is 5.19. The number of nitrogens with one attached hydrogen (secondary N) is 1. The van der Waals surface area contributed by atoms with Gasteiger partial charge in [0.1, 0.15) is 5.82 Å². The van der Waals surface area contributed by atoms with Gasteiger partial charge < -0.3 is 16.3 Å². The minimum absolute atomic E-state index is 0.0567. The summed E-state index contributed by atoms with van der Waals surface area (Å²) in [6, 6.07) is 5.57. The third-order valence-corrected chi connectivity index (χ3v) is 2.38. The lowest BCUT2D eigenvalue weighted by molar-refractivity contribution is -0.0688. The molecule has 1 unspecified atom stereocenters. The predicted octanol–water partition coefficient (Wildman–Crippen LogP) is 0.272. The Morgan fingerprint density at radius 2 is 2.50 bits per heavy atom. The van der Waals surface area contributed by atoms with Crippen LogP contribution >= 0.6 is 0 Å². The van der Waals surface area contributed by atoms with E-state index in [9.17, 15) is 5.21 Å². The Morgan fingerprint density at radius 3 is 3.12 bits per heavy atom. The maximum absolute atomic E-state index is 9.19. The number of hydrogen-bond donors (Lipinski definition) is 3. The standard InChI is InChI=1S/C10H15N5O/c11-10(13-8-4-6-15(16)7-8)14-9-3-1-2-5-12-9/h1-3,5,8,16H,4,6-7H2,(H3,11,12,13,14). The second kappa shape index (κ2) is 4.91. The largest absolute Gasteiger partial charge is 0.370 e. The van der Waals surface area contributed by atoms with Crippen LogP contribution in [0.15, 0.2) is 29.4 Å². The Morgan fingerprint density at radius 1 is 1.62 bits per heavy atom. The highest BCUT2D eigenvalue weighted by Crippen LogP contribution is 2.10. The van der Waals surface area contributed by atoms with Gasteiger partial charge in [0.05, 0.1) is 6.04 Å². The van der Waals surface area contributed by atoms with Crippen LogP contribution in [0.1, 0.15) is 6.42 Å². The van der Waals surface area contributed by atoms with Crippen LogP contribution in [0.4, 0.5) is 5.82 Å². The molecule has 1 aromatic rings. The smallest absolute Gasteiger partial charge is 0.194 e. The fourth-order valence-electron chi connectivity index (χ4n) is 1.63. The normalized spacial score (nSPS) is 22.3. The summed E-state index contributed by atoms with van der Waals surface area (Å²) in [6.45, 7) is 1.18. The van der Waals surface area contributed by atoms with Gasteiger partial charge in [-0.1, -0.05) is 6.07 Å². The van der Waals surface area contributed by atoms with Crippen LogP contribution in [0.2, 0.25) is 0 Å². The van der Waals surface area contributed by atoms with Gasteiger partial charge in [0.2, 0.25) is 0 Å². The fraction of sp³-hybridized carbons (Fsp3) is 0.400. The summed E-state index contributed by atoms with van der Waals surface area (Å²) < 4.78 is 0. The molecular formula is C10H15N5O. The van der Waals surface area contributed by atoms with E-state index in [2.05, 4.69) is 15.3 Å². The number of guanidine groups is 1. The van der Waals surface area contributed by atoms with Gasteiger partial charge in [-0.2, -0.15) is 5.06 Å². The van der Waals surface area contributed by atoms with E-state index in [0.29, 0.717) is 24.9 Å². The van der Waals surface area contributed by atoms with E-state index in [1.807, 2.05) is 18.2 Å². The van der Waals surface area contributed by atoms with Gasteiger partial charge in [-0.15, -0.1) is 0 Å². The zero-order valence-electron chi connectivity index (χ0n) is 8.87. The third kappa shape index (κ3) is 2.91. The van der Waals surface area contributed by atoms with Gasteiger partial charge in [-0.05, 0) is 18.6 Å². The van der Waals surface area contributed by atoms with Crippen LogP contribution in [0.25, 0.3) is 0 Å². The average Bonchev–Trinajstić information content (AvgIpc) is 2.65. The highest BCUT2D eigenvalue weighted by molar-refractivity contribution is 5.91. The number of nitrogens with zero attached hydrogens (tertiary/aromatic N) is 3. The minimum Gasteiger partial charge on any atom is -0.370 e. The number of hydrogen-bond acceptors (Lipinski definition) is 4. The molecule has 2 heterocycles. The summed E-state index contributed by atoms with van der Waals surface area (Å²) in [6.07, 6.45) is 2.50. The first-order chi connectivity index (χ1) is 7.74. The van der Waals surface area contributed by atoms with E-state index in [1.54, 1.807) is 6.20 Å². The van der Waals surface area contributed by atoms with Crippen molar-refractivity contribution in [3.8, 4) is 0 Å².